The molecule has 0 radical (unpaired) electrons. The monoisotopic (exact) mass is 500 g/mol. The summed E-state index contributed by atoms with van der Waals surface area (Å²) >= 11 is 0. The van der Waals surface area contributed by atoms with Gasteiger partial charge >= 0.3 is 12.4 Å². The van der Waals surface area contributed by atoms with Crippen molar-refractivity contribution in [2.24, 2.45) is 0 Å². The maximum absolute atomic E-state index is 13.6. The van der Waals surface area contributed by atoms with Crippen molar-refractivity contribution in [2.45, 2.75) is 43.2 Å². The summed E-state index contributed by atoms with van der Waals surface area (Å²) in [7, 11) is 1.42. The molecule has 0 saturated heterocycles. The van der Waals surface area contributed by atoms with Gasteiger partial charge in [0.1, 0.15) is 0 Å². The zero-order chi connectivity index (χ0) is 25.5. The van der Waals surface area contributed by atoms with E-state index in [2.05, 4.69) is 5.32 Å². The van der Waals surface area contributed by atoms with E-state index in [0.717, 1.165) is 0 Å². The van der Waals surface area contributed by atoms with Crippen LogP contribution < -0.4 is 5.32 Å². The van der Waals surface area contributed by atoms with Gasteiger partial charge < -0.3 is 15.0 Å². The van der Waals surface area contributed by atoms with Crippen molar-refractivity contribution >= 4 is 11.8 Å². The standard InChI is InChI=1S/C24H22F6N2O3/c1-35-9-8-31-21(33)19-17-4-2-3-5-18(17)22(34)32(16-6-7-16)20(19)13-10-14(23(25,26)27)12-15(11-13)24(28,29)30/h2-5,10-12,16,19-20H,6-9H2,1H3,(H,31,33). The normalized spacial score (nSPS) is 20.5. The Kier molecular flexibility index (Phi) is 6.56. The quantitative estimate of drug-likeness (QED) is 0.452. The van der Waals surface area contributed by atoms with Crippen molar-refractivity contribution in [1.82, 2.24) is 10.2 Å². The third-order valence-corrected chi connectivity index (χ3v) is 6.16. The largest absolute Gasteiger partial charge is 0.416 e. The number of fused-ring (bicyclic) bond motifs is 1. The fourth-order valence-electron chi connectivity index (χ4n) is 4.48. The number of ether oxygens (including phenoxy) is 1. The first-order chi connectivity index (χ1) is 16.4. The number of methoxy groups -OCH3 is 1. The molecule has 0 spiro atoms. The number of halogens is 6. The van der Waals surface area contributed by atoms with Gasteiger partial charge in [0, 0.05) is 25.3 Å². The molecule has 2 aromatic carbocycles. The minimum atomic E-state index is -5.06. The first kappa shape index (κ1) is 25.0. The van der Waals surface area contributed by atoms with Crippen LogP contribution in [0.4, 0.5) is 26.3 Å². The fourth-order valence-corrected chi connectivity index (χ4v) is 4.48. The SMILES string of the molecule is COCCNC(=O)C1c2ccccc2C(=O)N(C2CC2)C1c1cc(C(F)(F)F)cc(C(F)(F)F)c1. The number of nitrogens with one attached hydrogen (secondary N) is 1. The molecule has 4 rings (SSSR count). The summed E-state index contributed by atoms with van der Waals surface area (Å²) in [6.07, 6.45) is -9.05. The molecule has 1 heterocycles. The molecular formula is C24H22F6N2O3. The molecular weight excluding hydrogens is 478 g/mol. The zero-order valence-corrected chi connectivity index (χ0v) is 18.5. The summed E-state index contributed by atoms with van der Waals surface area (Å²) in [4.78, 5) is 28.0. The summed E-state index contributed by atoms with van der Waals surface area (Å²) in [5.41, 5.74) is -2.94. The number of alkyl halides is 6. The van der Waals surface area contributed by atoms with E-state index in [0.29, 0.717) is 25.0 Å². The predicted molar refractivity (Wildman–Crippen MR) is 112 cm³/mol. The molecule has 2 aromatic rings. The van der Waals surface area contributed by atoms with Crippen LogP contribution in [-0.2, 0) is 21.9 Å². The lowest BCUT2D eigenvalue weighted by Crippen LogP contribution is -2.48. The highest BCUT2D eigenvalue weighted by atomic mass is 19.4. The molecule has 0 bridgehead atoms. The van der Waals surface area contributed by atoms with Crippen LogP contribution in [0.2, 0.25) is 0 Å². The van der Waals surface area contributed by atoms with Gasteiger partial charge in [0.2, 0.25) is 5.91 Å². The van der Waals surface area contributed by atoms with Gasteiger partial charge in [-0.3, -0.25) is 9.59 Å². The van der Waals surface area contributed by atoms with E-state index >= 15 is 0 Å². The van der Waals surface area contributed by atoms with Crippen LogP contribution in [0.5, 0.6) is 0 Å². The van der Waals surface area contributed by atoms with Gasteiger partial charge in [0.15, 0.2) is 0 Å². The van der Waals surface area contributed by atoms with Gasteiger partial charge in [-0.2, -0.15) is 26.3 Å². The molecule has 5 nitrogen and oxygen atoms in total. The van der Waals surface area contributed by atoms with Crippen LogP contribution >= 0.6 is 0 Å². The summed E-state index contributed by atoms with van der Waals surface area (Å²) in [5, 5.41) is 2.63. The predicted octanol–water partition coefficient (Wildman–Crippen LogP) is 4.93. The Hall–Kier alpha value is -3.08. The molecule has 1 aliphatic carbocycles. The highest BCUT2D eigenvalue weighted by Crippen LogP contribution is 2.49. The van der Waals surface area contributed by atoms with Gasteiger partial charge in [-0.1, -0.05) is 18.2 Å². The number of amides is 2. The van der Waals surface area contributed by atoms with Gasteiger partial charge in [-0.25, -0.2) is 0 Å². The van der Waals surface area contributed by atoms with Crippen molar-refractivity contribution in [3.05, 3.63) is 70.3 Å². The van der Waals surface area contributed by atoms with Gasteiger partial charge in [0.25, 0.3) is 5.91 Å². The molecule has 2 amide bonds. The second kappa shape index (κ2) is 9.18. The van der Waals surface area contributed by atoms with E-state index < -0.39 is 52.8 Å². The molecule has 1 N–H and O–H groups in total. The van der Waals surface area contributed by atoms with Crippen LogP contribution in [0.1, 0.15) is 57.4 Å². The minimum absolute atomic E-state index is 0.0389. The Morgan fingerprint density at radius 2 is 1.63 bits per heavy atom. The zero-order valence-electron chi connectivity index (χ0n) is 18.5. The maximum Gasteiger partial charge on any atom is 0.416 e. The first-order valence-corrected chi connectivity index (χ1v) is 10.9. The van der Waals surface area contributed by atoms with E-state index in [-0.39, 0.29) is 36.4 Å². The van der Waals surface area contributed by atoms with Crippen molar-refractivity contribution in [1.29, 1.82) is 0 Å². The topological polar surface area (TPSA) is 58.6 Å². The maximum atomic E-state index is 13.6. The van der Waals surface area contributed by atoms with E-state index in [1.165, 1.54) is 24.1 Å². The number of carbonyl (C=O) groups excluding carboxylic acids is 2. The van der Waals surface area contributed by atoms with Crippen LogP contribution in [0.25, 0.3) is 0 Å². The van der Waals surface area contributed by atoms with Crippen molar-refractivity contribution < 1.29 is 40.7 Å². The van der Waals surface area contributed by atoms with Crippen LogP contribution in [0, 0.1) is 0 Å². The van der Waals surface area contributed by atoms with Crippen LogP contribution in [-0.4, -0.2) is 43.0 Å². The van der Waals surface area contributed by atoms with E-state index in [9.17, 15) is 35.9 Å². The average Bonchev–Trinajstić information content (AvgIpc) is 3.62. The van der Waals surface area contributed by atoms with E-state index in [4.69, 9.17) is 4.74 Å². The first-order valence-electron chi connectivity index (χ1n) is 10.9. The third kappa shape index (κ3) is 5.00. The fraction of sp³-hybridized carbons (Fsp3) is 0.417. The number of benzene rings is 2. The number of carbonyl (C=O) groups is 2. The lowest BCUT2D eigenvalue weighted by atomic mass is 9.78. The summed E-state index contributed by atoms with van der Waals surface area (Å²) in [5.74, 6) is -2.37. The highest BCUT2D eigenvalue weighted by Gasteiger charge is 2.50. The van der Waals surface area contributed by atoms with Gasteiger partial charge in [0.05, 0.1) is 29.7 Å². The molecule has 1 aliphatic heterocycles. The van der Waals surface area contributed by atoms with Crippen molar-refractivity contribution in [2.75, 3.05) is 20.3 Å². The summed E-state index contributed by atoms with van der Waals surface area (Å²) in [6.45, 7) is 0.228. The minimum Gasteiger partial charge on any atom is -0.383 e. The molecule has 35 heavy (non-hydrogen) atoms. The van der Waals surface area contributed by atoms with Gasteiger partial charge in [-0.05, 0) is 48.2 Å². The molecule has 11 heteroatoms. The van der Waals surface area contributed by atoms with Gasteiger partial charge in [-0.15, -0.1) is 0 Å². The molecule has 2 atom stereocenters. The second-order valence-corrected chi connectivity index (χ2v) is 8.58. The summed E-state index contributed by atoms with van der Waals surface area (Å²) in [6, 6.07) is 5.67. The molecule has 1 fully saturated rings. The lowest BCUT2D eigenvalue weighted by Gasteiger charge is -2.42. The highest BCUT2D eigenvalue weighted by molar-refractivity contribution is 6.01. The number of hydrogen-bond acceptors (Lipinski definition) is 3. The number of hydrogen-bond donors (Lipinski definition) is 1. The lowest BCUT2D eigenvalue weighted by molar-refractivity contribution is -0.143. The molecule has 2 unspecified atom stereocenters. The van der Waals surface area contributed by atoms with Crippen LogP contribution in [0.3, 0.4) is 0 Å². The van der Waals surface area contributed by atoms with Crippen LogP contribution in [0.15, 0.2) is 42.5 Å². The molecule has 0 aromatic heterocycles. The van der Waals surface area contributed by atoms with E-state index in [1.807, 2.05) is 0 Å². The van der Waals surface area contributed by atoms with Crippen molar-refractivity contribution in [3.63, 3.8) is 0 Å². The summed E-state index contributed by atoms with van der Waals surface area (Å²) < 4.78 is 86.6. The Morgan fingerprint density at radius 3 is 2.17 bits per heavy atom. The smallest absolute Gasteiger partial charge is 0.383 e. The number of nitrogens with zero attached hydrogens (tertiary/aromatic N) is 1. The molecule has 2 aliphatic rings. The Labute approximate surface area is 197 Å². The molecule has 188 valence electrons. The number of rotatable bonds is 6. The van der Waals surface area contributed by atoms with Crippen molar-refractivity contribution in [3.8, 4) is 0 Å². The Balaban J connectivity index is 1.93. The average molecular weight is 500 g/mol. The molecule has 1 saturated carbocycles. The third-order valence-electron chi connectivity index (χ3n) is 6.16. The van der Waals surface area contributed by atoms with E-state index in [1.54, 1.807) is 12.1 Å². The second-order valence-electron chi connectivity index (χ2n) is 8.58. The Morgan fingerprint density at radius 1 is 1.03 bits per heavy atom. The Bertz CT molecular complexity index is 1090.